The maximum absolute atomic E-state index is 13.6. The van der Waals surface area contributed by atoms with Crippen molar-refractivity contribution < 1.29 is 114 Å². The number of terminal acetylenes is 1. The summed E-state index contributed by atoms with van der Waals surface area (Å²) in [6, 6.07) is 10.3. The first-order chi connectivity index (χ1) is 59.6. The molecule has 4 atom stereocenters. The number of alkyl halides is 2. The van der Waals surface area contributed by atoms with E-state index in [1.807, 2.05) is 13.8 Å². The maximum atomic E-state index is 13.6. The van der Waals surface area contributed by atoms with Gasteiger partial charge in [0.15, 0.2) is 17.3 Å². The third kappa shape index (κ3) is 60.5. The van der Waals surface area contributed by atoms with Crippen molar-refractivity contribution in [2.24, 2.45) is 40.3 Å². The molecule has 1 heterocycles. The number of benzene rings is 2. The number of halogens is 2. The van der Waals surface area contributed by atoms with Crippen molar-refractivity contribution >= 4 is 125 Å². The molecule has 688 valence electrons. The Hall–Kier alpha value is -9.05. The Morgan fingerprint density at radius 2 is 0.959 bits per heavy atom. The number of aryl methyl sites for hydroxylation is 1. The molecule has 0 saturated carbocycles. The average Bonchev–Trinajstić information content (AvgIpc) is 0.897. The Balaban J connectivity index is 0.00000114. The minimum absolute atomic E-state index is 0.000431. The number of ketones is 3. The van der Waals surface area contributed by atoms with Crippen LogP contribution in [-0.2, 0) is 121 Å². The monoisotopic (exact) mass is 1960 g/mol. The summed E-state index contributed by atoms with van der Waals surface area (Å²) < 4.78 is 86.9. The summed E-state index contributed by atoms with van der Waals surface area (Å²) in [7, 11) is 2.94. The molecule has 14 N–H and O–H groups in total. The summed E-state index contributed by atoms with van der Waals surface area (Å²) in [5.74, 6) is -2.09. The number of aromatic nitrogens is 3. The van der Waals surface area contributed by atoms with Crippen molar-refractivity contribution in [3.8, 4) is 12.3 Å². The number of carbonyl (C=O) groups excluding carboxylic acids is 12. The van der Waals surface area contributed by atoms with Gasteiger partial charge in [0.2, 0.25) is 22.6 Å². The van der Waals surface area contributed by atoms with Crippen LogP contribution in [0.1, 0.15) is 116 Å². The summed E-state index contributed by atoms with van der Waals surface area (Å²) in [6.45, 7) is 17.9. The second-order valence-corrected chi connectivity index (χ2v) is 32.6. The Morgan fingerprint density at radius 1 is 0.557 bits per heavy atom. The molecule has 41 nitrogen and oxygen atoms in total. The van der Waals surface area contributed by atoms with Crippen LogP contribution in [0.2, 0.25) is 0 Å². The fraction of sp³-hybridized carbons (Fsp3) is 0.646. The predicted molar refractivity (Wildman–Crippen MR) is 469 cm³/mol. The molecule has 0 aliphatic carbocycles. The molecule has 0 spiro atoms. The molecule has 1 aromatic heterocycles. The van der Waals surface area contributed by atoms with E-state index in [-0.39, 0.29) is 158 Å². The van der Waals surface area contributed by atoms with Crippen LogP contribution in [0.3, 0.4) is 0 Å². The van der Waals surface area contributed by atoms with Gasteiger partial charge in [-0.05, 0) is 24.7 Å². The second kappa shape index (κ2) is 73.5. The van der Waals surface area contributed by atoms with Gasteiger partial charge >= 0.3 is 271 Å². The molecule has 0 unspecified atom stereocenters. The van der Waals surface area contributed by atoms with E-state index in [0.717, 1.165) is 5.69 Å². The molecule has 11 amide bonds. The number of primary amides is 2. The summed E-state index contributed by atoms with van der Waals surface area (Å²) in [6.07, 6.45) is 7.33. The van der Waals surface area contributed by atoms with Crippen molar-refractivity contribution in [1.29, 1.82) is 6.72 Å². The van der Waals surface area contributed by atoms with Crippen molar-refractivity contribution in [1.82, 2.24) is 53.5 Å². The second-order valence-electron chi connectivity index (χ2n) is 26.9. The van der Waals surface area contributed by atoms with E-state index in [1.54, 1.807) is 87.1 Å². The van der Waals surface area contributed by atoms with Gasteiger partial charge in [-0.2, -0.15) is 0 Å². The number of nitrogens with one attached hydrogen (secondary N) is 10. The minimum atomic E-state index is -2.25. The molecular formula is C79H130I2N17O24+. The zero-order chi connectivity index (χ0) is 91.9. The van der Waals surface area contributed by atoms with Gasteiger partial charge < -0.3 is 85.4 Å². The molecule has 122 heavy (non-hydrogen) atoms. The van der Waals surface area contributed by atoms with Crippen LogP contribution in [0.15, 0.2) is 59.8 Å². The van der Waals surface area contributed by atoms with Crippen LogP contribution in [0, 0.1) is 41.5 Å². The van der Waals surface area contributed by atoms with Crippen LogP contribution in [-0.4, -0.2) is 268 Å². The summed E-state index contributed by atoms with van der Waals surface area (Å²) in [5.41, 5.74) is 19.9. The third-order valence-electron chi connectivity index (χ3n) is 16.4. The van der Waals surface area contributed by atoms with Gasteiger partial charge in [0.05, 0.1) is 137 Å². The van der Waals surface area contributed by atoms with Crippen molar-refractivity contribution in [2.75, 3.05) is 179 Å². The van der Waals surface area contributed by atoms with E-state index >= 15 is 0 Å². The SMILES string of the molecule is C#CCNC(=O)COC.[2H]I(CC)NC(=O)OCc1ccc(NC(=O)[C@H](CCCNC(N)=O)CC(=O)[C@@H](NC(=O)CCOCCOCCOCCOCCN=[N+]=N)C(C)C)cc1.[2H]I(CC)NC(=O)OCc1ccc(NC(=O)[C@H](CCCNC(N)=O)CC(=O)[C@@H](NC(=O)CCOCCOCCOCCOCCn2cc(CCC(=O)COC)nn2)C(C)C)cc1. The first-order valence-electron chi connectivity index (χ1n) is 40.8. The van der Waals surface area contributed by atoms with Gasteiger partial charge in [0, 0.05) is 59.2 Å². The third-order valence-corrected chi connectivity index (χ3v) is 19.5. The summed E-state index contributed by atoms with van der Waals surface area (Å²) in [5, 5.41) is 30.2. The van der Waals surface area contributed by atoms with Crippen LogP contribution >= 0.6 is 42.6 Å². The number of rotatable bonds is 68. The Bertz CT molecular complexity index is 3650. The fourth-order valence-electron chi connectivity index (χ4n) is 10.3. The molecule has 0 fully saturated rings. The van der Waals surface area contributed by atoms with Gasteiger partial charge in [-0.15, -0.1) is 11.5 Å². The quantitative estimate of drug-likeness (QED) is 0.00699. The van der Waals surface area contributed by atoms with Crippen molar-refractivity contribution in [3.63, 3.8) is 0 Å². The van der Waals surface area contributed by atoms with Crippen LogP contribution in [0.25, 0.3) is 0 Å². The fourth-order valence-corrected chi connectivity index (χ4v) is 12.0. The molecule has 2 aromatic carbocycles. The molecule has 0 aliphatic heterocycles. The number of nitrogens with zero attached hydrogens (tertiary/aromatic N) is 5. The number of hydrogen-bond acceptors (Lipinski definition) is 28. The molecule has 0 bridgehead atoms. The Kier molecular flexibility index (Phi) is 64.5. The van der Waals surface area contributed by atoms with Gasteiger partial charge in [-0.25, -0.2) is 14.3 Å². The van der Waals surface area contributed by atoms with Crippen molar-refractivity contribution in [3.05, 3.63) is 71.5 Å². The molecule has 3 aromatic rings. The molecule has 0 saturated heterocycles. The molecule has 0 radical (unpaired) electrons. The van der Waals surface area contributed by atoms with E-state index in [1.165, 1.54) is 14.2 Å². The number of carbonyl (C=O) groups is 12. The van der Waals surface area contributed by atoms with Crippen molar-refractivity contribution in [2.45, 2.75) is 138 Å². The van der Waals surface area contributed by atoms with Gasteiger partial charge in [0.25, 0.3) is 0 Å². The van der Waals surface area contributed by atoms with E-state index in [9.17, 15) is 57.5 Å². The first kappa shape index (κ1) is 107. The van der Waals surface area contributed by atoms with Crippen LogP contribution in [0.5, 0.6) is 0 Å². The predicted octanol–water partition coefficient (Wildman–Crippen LogP) is 4.59. The number of urea groups is 2. The van der Waals surface area contributed by atoms with Gasteiger partial charge in [0.1, 0.15) is 30.4 Å². The van der Waals surface area contributed by atoms with Crippen LogP contribution in [0.4, 0.5) is 30.6 Å². The number of Topliss-reactive ketones (excluding diaryl/α,β-unsaturated/α-hetero) is 3. The normalized spacial score (nSPS) is 12.2. The molecule has 0 aliphatic rings. The topological polar surface area (TPSA) is 557 Å². The molecular weight excluding hydrogens is 1820 g/mol. The number of nitrogens with two attached hydrogens (primary N) is 2. The van der Waals surface area contributed by atoms with E-state index < -0.39 is 103 Å². The van der Waals surface area contributed by atoms with Gasteiger partial charge in [-0.3, -0.25) is 28.8 Å². The number of amides is 11. The molecule has 3 rings (SSSR count). The number of hydrogen-bond donors (Lipinski definition) is 12. The number of anilines is 2. The molecule has 43 heteroatoms. The Morgan fingerprint density at radius 3 is 1.34 bits per heavy atom. The zero-order valence-electron chi connectivity index (χ0n) is 73.3. The summed E-state index contributed by atoms with van der Waals surface area (Å²) in [4.78, 5) is 150. The number of methoxy groups -OCH3 is 2. The standard InChI is InChI=1S/C40H65IN8O12.C33H55IN8O10.C6H9NO2/c1-5-41-46-40(55)61-27-30-8-10-32(11-9-30)44-38(53)31(7-6-15-43-39(42)54)25-35(51)37(29(2)3)45-36(52)14-17-57-19-21-59-23-24-60-22-20-58-18-16-49-26-33(47-48-49)12-13-34(50)28-56-4;1-4-34-41-33(47)52-23-25-7-9-27(10-8-25)39-31(45)26(6-5-12-37-32(35)46)22-28(43)30(24(2)3)40-29(44)11-14-48-16-18-50-20-21-51-19-17-49-15-13-38-42-36;1-3-4-7-6(8)5-9-2/h8-11,26,29,31,37,41H,5-7,12-25,27-28H2,1-4H3,(H,44,53)(H,45,52)(H,46,55)(H3,42,43,54);7-10,24,26,30,34,36H,4-6,11-23H2,1-3H3,(H5-,35,37,39,40,41,44,45,46,47);1H,4-5H2,2H3,(H,7,8)/p+1/t31-,37+;26-,30+;/m11./s1/i41D;34D;. The zero-order valence-corrected chi connectivity index (χ0v) is 75.7. The first-order valence-corrected chi connectivity index (χ1v) is 45.3. The Labute approximate surface area is 736 Å². The van der Waals surface area contributed by atoms with E-state index in [2.05, 4.69) is 75.3 Å². The summed E-state index contributed by atoms with van der Waals surface area (Å²) >= 11 is -4.50. The number of ether oxygens (including phenoxy) is 12. The van der Waals surface area contributed by atoms with E-state index in [4.69, 9.17) is 76.7 Å². The average molecular weight is 1960 g/mol. The van der Waals surface area contributed by atoms with E-state index in [0.29, 0.717) is 149 Å². The van der Waals surface area contributed by atoms with Gasteiger partial charge in [-0.1, -0.05) is 38.8 Å². The van der Waals surface area contributed by atoms with Crippen LogP contribution < -0.4 is 60.7 Å².